The zero-order chi connectivity index (χ0) is 20.0. The number of aromatic nitrogens is 1. The van der Waals surface area contributed by atoms with E-state index < -0.39 is 6.23 Å². The number of morpholine rings is 1. The van der Waals surface area contributed by atoms with Gasteiger partial charge in [0.25, 0.3) is 0 Å². The van der Waals surface area contributed by atoms with Crippen LogP contribution in [0.25, 0.3) is 10.9 Å². The summed E-state index contributed by atoms with van der Waals surface area (Å²) in [7, 11) is 0. The monoisotopic (exact) mass is 411 g/mol. The lowest BCUT2D eigenvalue weighted by Crippen LogP contribution is -2.42. The number of pyridine rings is 1. The molecule has 29 heavy (non-hydrogen) atoms. The predicted molar refractivity (Wildman–Crippen MR) is 111 cm³/mol. The first kappa shape index (κ1) is 18.8. The van der Waals surface area contributed by atoms with E-state index in [0.717, 1.165) is 33.2 Å². The number of nitrogen functional groups attached to an aromatic ring is 1. The molecule has 0 bridgehead atoms. The fourth-order valence-corrected chi connectivity index (χ4v) is 4.53. The van der Waals surface area contributed by atoms with Gasteiger partial charge in [0.1, 0.15) is 12.0 Å². The number of ether oxygens (including phenoxy) is 2. The van der Waals surface area contributed by atoms with Crippen molar-refractivity contribution in [2.45, 2.75) is 25.5 Å². The molecule has 1 aromatic heterocycles. The summed E-state index contributed by atoms with van der Waals surface area (Å²) in [6, 6.07) is 13.4. The summed E-state index contributed by atoms with van der Waals surface area (Å²) in [4.78, 5) is 6.53. The number of benzene rings is 2. The van der Waals surface area contributed by atoms with Gasteiger partial charge in [0, 0.05) is 22.5 Å². The smallest absolute Gasteiger partial charge is 0.134 e. The molecule has 0 saturated carbocycles. The van der Waals surface area contributed by atoms with Crippen molar-refractivity contribution in [2.24, 2.45) is 0 Å². The molecule has 2 aromatic carbocycles. The Morgan fingerprint density at radius 1 is 1.14 bits per heavy atom. The summed E-state index contributed by atoms with van der Waals surface area (Å²) >= 11 is 6.43. The second-order valence-electron chi connectivity index (χ2n) is 7.45. The molecule has 2 aliphatic heterocycles. The third kappa shape index (κ3) is 3.27. The molecule has 1 saturated heterocycles. The Balaban J connectivity index is 1.53. The van der Waals surface area contributed by atoms with Gasteiger partial charge in [0.2, 0.25) is 0 Å². The molecule has 2 unspecified atom stereocenters. The molecular formula is C22H22ClN3O3. The molecule has 6 nitrogen and oxygen atoms in total. The molecule has 5 rings (SSSR count). The Kier molecular flexibility index (Phi) is 4.89. The van der Waals surface area contributed by atoms with Crippen molar-refractivity contribution in [3.05, 3.63) is 69.7 Å². The van der Waals surface area contributed by atoms with Gasteiger partial charge >= 0.3 is 0 Å². The molecule has 3 heterocycles. The number of nitrogens with zero attached hydrogens (tertiary/aromatic N) is 2. The third-order valence-electron chi connectivity index (χ3n) is 5.80. The highest BCUT2D eigenvalue weighted by Gasteiger charge is 2.32. The lowest BCUT2D eigenvalue weighted by molar-refractivity contribution is -0.0980. The van der Waals surface area contributed by atoms with E-state index >= 15 is 0 Å². The van der Waals surface area contributed by atoms with Crippen LogP contribution in [0, 0.1) is 0 Å². The topological polar surface area (TPSA) is 80.8 Å². The number of nitrogens with two attached hydrogens (primary N) is 1. The van der Waals surface area contributed by atoms with Crippen molar-refractivity contribution < 1.29 is 14.6 Å². The van der Waals surface area contributed by atoms with Crippen LogP contribution >= 0.6 is 11.6 Å². The zero-order valence-corrected chi connectivity index (χ0v) is 16.6. The van der Waals surface area contributed by atoms with Gasteiger partial charge in [-0.25, -0.2) is 4.98 Å². The molecule has 2 aliphatic rings. The minimum absolute atomic E-state index is 0.123. The van der Waals surface area contributed by atoms with Gasteiger partial charge in [0.05, 0.1) is 38.0 Å². The molecular weight excluding hydrogens is 390 g/mol. The quantitative estimate of drug-likeness (QED) is 0.685. The van der Waals surface area contributed by atoms with Crippen LogP contribution in [0.5, 0.6) is 0 Å². The number of rotatable bonds is 3. The normalized spacial score (nSPS) is 20.7. The van der Waals surface area contributed by atoms with Crippen LogP contribution < -0.4 is 5.73 Å². The van der Waals surface area contributed by atoms with Crippen molar-refractivity contribution in [3.8, 4) is 0 Å². The van der Waals surface area contributed by atoms with Gasteiger partial charge in [-0.2, -0.15) is 0 Å². The second kappa shape index (κ2) is 7.55. The Labute approximate surface area is 173 Å². The first-order valence-electron chi connectivity index (χ1n) is 9.68. The molecule has 3 aromatic rings. The first-order chi connectivity index (χ1) is 14.1. The molecule has 1 fully saturated rings. The maximum atomic E-state index is 11.3. The van der Waals surface area contributed by atoms with Gasteiger partial charge in [-0.1, -0.05) is 35.9 Å². The number of hydrogen-bond donors (Lipinski definition) is 2. The second-order valence-corrected chi connectivity index (χ2v) is 7.85. The van der Waals surface area contributed by atoms with Crippen molar-refractivity contribution in [3.63, 3.8) is 0 Å². The van der Waals surface area contributed by atoms with Gasteiger partial charge in [-0.05, 0) is 34.9 Å². The van der Waals surface area contributed by atoms with E-state index in [1.165, 1.54) is 0 Å². The summed E-state index contributed by atoms with van der Waals surface area (Å²) in [5.41, 5.74) is 10.7. The van der Waals surface area contributed by atoms with E-state index in [4.69, 9.17) is 26.8 Å². The van der Waals surface area contributed by atoms with Gasteiger partial charge < -0.3 is 20.3 Å². The highest BCUT2D eigenvalue weighted by molar-refractivity contribution is 6.31. The molecule has 3 N–H and O–H groups in total. The summed E-state index contributed by atoms with van der Waals surface area (Å²) in [5, 5.41) is 12.9. The van der Waals surface area contributed by atoms with E-state index in [1.807, 2.05) is 47.4 Å². The summed E-state index contributed by atoms with van der Waals surface area (Å²) in [6.07, 6.45) is -0.792. The van der Waals surface area contributed by atoms with Crippen LogP contribution in [-0.4, -0.2) is 34.7 Å². The minimum atomic E-state index is -0.792. The zero-order valence-electron chi connectivity index (χ0n) is 15.8. The standard InChI is InChI=1S/C22H22ClN3O3/c23-18-4-2-1-3-14(18)20-12-28-8-7-26(20)22(27)13-5-6-19-15(9-13)16-10-29-11-17(16)21(24)25-19/h1-6,9,20,22,27H,7-8,10-12H2,(H2,24,25). The van der Waals surface area contributed by atoms with Gasteiger partial charge in [-0.15, -0.1) is 0 Å². The first-order valence-corrected chi connectivity index (χ1v) is 10.1. The van der Waals surface area contributed by atoms with E-state index in [-0.39, 0.29) is 6.04 Å². The van der Waals surface area contributed by atoms with E-state index in [1.54, 1.807) is 0 Å². The number of aliphatic hydroxyl groups excluding tert-OH is 1. The number of aliphatic hydroxyl groups is 1. The van der Waals surface area contributed by atoms with E-state index in [9.17, 15) is 5.11 Å². The number of hydrogen-bond acceptors (Lipinski definition) is 6. The summed E-state index contributed by atoms with van der Waals surface area (Å²) in [6.45, 7) is 2.64. The van der Waals surface area contributed by atoms with Crippen LogP contribution in [0.3, 0.4) is 0 Å². The predicted octanol–water partition coefficient (Wildman–Crippen LogP) is 3.57. The van der Waals surface area contributed by atoms with Crippen LogP contribution in [0.4, 0.5) is 5.82 Å². The van der Waals surface area contributed by atoms with E-state index in [0.29, 0.717) is 43.8 Å². The largest absolute Gasteiger partial charge is 0.383 e. The molecule has 0 amide bonds. The SMILES string of the molecule is Nc1nc2ccc(C(O)N3CCOCC3c3ccccc3Cl)cc2c2c1COC2. The average molecular weight is 412 g/mol. The molecule has 150 valence electrons. The summed E-state index contributed by atoms with van der Waals surface area (Å²) in [5.74, 6) is 0.519. The van der Waals surface area contributed by atoms with Crippen molar-refractivity contribution in [1.29, 1.82) is 0 Å². The molecule has 2 atom stereocenters. The molecule has 0 aliphatic carbocycles. The fraction of sp³-hybridized carbons (Fsp3) is 0.318. The lowest BCUT2D eigenvalue weighted by Gasteiger charge is -2.39. The fourth-order valence-electron chi connectivity index (χ4n) is 4.26. The van der Waals surface area contributed by atoms with E-state index in [2.05, 4.69) is 4.98 Å². The van der Waals surface area contributed by atoms with Crippen LogP contribution in [-0.2, 0) is 22.7 Å². The molecule has 7 heteroatoms. The highest BCUT2D eigenvalue weighted by Crippen LogP contribution is 2.37. The number of anilines is 1. The number of fused-ring (bicyclic) bond motifs is 3. The van der Waals surface area contributed by atoms with Crippen LogP contribution in [0.2, 0.25) is 5.02 Å². The maximum absolute atomic E-state index is 11.3. The van der Waals surface area contributed by atoms with Crippen LogP contribution in [0.15, 0.2) is 42.5 Å². The Morgan fingerprint density at radius 2 is 1.97 bits per heavy atom. The maximum Gasteiger partial charge on any atom is 0.134 e. The van der Waals surface area contributed by atoms with Crippen molar-refractivity contribution >= 4 is 28.3 Å². The van der Waals surface area contributed by atoms with Gasteiger partial charge in [-0.3, -0.25) is 4.90 Å². The Morgan fingerprint density at radius 3 is 2.83 bits per heavy atom. The van der Waals surface area contributed by atoms with Crippen LogP contribution in [0.1, 0.15) is 34.5 Å². The average Bonchev–Trinajstić information content (AvgIpc) is 3.25. The van der Waals surface area contributed by atoms with Gasteiger partial charge in [0.15, 0.2) is 0 Å². The Bertz CT molecular complexity index is 1070. The number of halogens is 1. The van der Waals surface area contributed by atoms with Crippen molar-refractivity contribution in [2.75, 3.05) is 25.5 Å². The molecule has 0 radical (unpaired) electrons. The third-order valence-corrected chi connectivity index (χ3v) is 6.14. The minimum Gasteiger partial charge on any atom is -0.383 e. The Hall–Kier alpha value is -2.22. The van der Waals surface area contributed by atoms with Crippen molar-refractivity contribution in [1.82, 2.24) is 9.88 Å². The molecule has 0 spiro atoms. The lowest BCUT2D eigenvalue weighted by atomic mass is 10.00. The highest BCUT2D eigenvalue weighted by atomic mass is 35.5. The summed E-state index contributed by atoms with van der Waals surface area (Å²) < 4.78 is 11.3.